The van der Waals surface area contributed by atoms with Crippen molar-refractivity contribution in [1.29, 1.82) is 0 Å². The Kier molecular flexibility index (Phi) is 9.27. The second-order valence-corrected chi connectivity index (χ2v) is 7.26. The van der Waals surface area contributed by atoms with Gasteiger partial charge in [-0.2, -0.15) is 18.2 Å². The molecule has 2 amide bonds. The van der Waals surface area contributed by atoms with Crippen molar-refractivity contribution in [2.45, 2.75) is 60.1 Å². The maximum Gasteiger partial charge on any atom is 0.416 e. The number of hydrogen-bond acceptors (Lipinski definition) is 5. The number of halogens is 3. The molecule has 1 atom stereocenters. The average molecular weight is 442 g/mol. The zero-order chi connectivity index (χ0) is 23.9. The Morgan fingerprint density at radius 1 is 1.23 bits per heavy atom. The molecule has 1 unspecified atom stereocenters. The lowest BCUT2D eigenvalue weighted by atomic mass is 10.0. The molecule has 172 valence electrons. The van der Waals surface area contributed by atoms with Gasteiger partial charge >= 0.3 is 12.1 Å². The fourth-order valence-electron chi connectivity index (χ4n) is 2.85. The summed E-state index contributed by atoms with van der Waals surface area (Å²) in [5, 5.41) is 0.773. The minimum atomic E-state index is -4.58. The standard InChI is InChI=1S/C22H29F3N2O4/c1-7-14(5)18(11-10-17(13(3)4)22(23,24)25)26-27-20(29)15(6)16(21(27)30)9-12-19(28)31-8-2/h10-11,14,26H,3,7-9,12H2,1-2,4-6H3/b17-10+,18-11+. The van der Waals surface area contributed by atoms with Gasteiger partial charge in [-0.05, 0) is 57.3 Å². The predicted octanol–water partition coefficient (Wildman–Crippen LogP) is 4.51. The SMILES string of the molecule is C=C(C)/C(=C\C=C(\NN1C(=O)C(C)=C(CCC(=O)OCC)C1=O)C(C)CC)C(F)(F)F. The maximum atomic E-state index is 13.2. The summed E-state index contributed by atoms with van der Waals surface area (Å²) in [7, 11) is 0. The van der Waals surface area contributed by atoms with Crippen molar-refractivity contribution < 1.29 is 32.3 Å². The van der Waals surface area contributed by atoms with Gasteiger partial charge in [-0.1, -0.05) is 20.4 Å². The summed E-state index contributed by atoms with van der Waals surface area (Å²) in [6, 6.07) is 0. The first-order valence-electron chi connectivity index (χ1n) is 10.0. The molecule has 0 aliphatic carbocycles. The molecule has 0 aromatic carbocycles. The smallest absolute Gasteiger partial charge is 0.416 e. The Morgan fingerprint density at radius 3 is 2.32 bits per heavy atom. The normalized spacial score (nSPS) is 16.7. The van der Waals surface area contributed by atoms with E-state index in [1.807, 2.05) is 6.92 Å². The van der Waals surface area contributed by atoms with Crippen molar-refractivity contribution in [3.63, 3.8) is 0 Å². The number of alkyl halides is 3. The van der Waals surface area contributed by atoms with Crippen LogP contribution in [0.4, 0.5) is 13.2 Å². The van der Waals surface area contributed by atoms with Crippen LogP contribution in [-0.2, 0) is 19.1 Å². The van der Waals surface area contributed by atoms with E-state index in [1.54, 1.807) is 13.8 Å². The molecule has 1 aliphatic heterocycles. The van der Waals surface area contributed by atoms with Gasteiger partial charge in [0, 0.05) is 23.3 Å². The molecule has 0 radical (unpaired) electrons. The Morgan fingerprint density at radius 2 is 1.84 bits per heavy atom. The van der Waals surface area contributed by atoms with E-state index in [0.717, 1.165) is 11.1 Å². The molecule has 0 fully saturated rings. The molecular formula is C22H29F3N2O4. The van der Waals surface area contributed by atoms with E-state index in [-0.39, 0.29) is 47.8 Å². The number of esters is 1. The largest absolute Gasteiger partial charge is 0.466 e. The van der Waals surface area contributed by atoms with Gasteiger partial charge in [-0.15, -0.1) is 0 Å². The summed E-state index contributed by atoms with van der Waals surface area (Å²) >= 11 is 0. The first-order chi connectivity index (χ1) is 14.3. The number of carbonyl (C=O) groups is 3. The highest BCUT2D eigenvalue weighted by atomic mass is 19.4. The van der Waals surface area contributed by atoms with Crippen LogP contribution in [0.1, 0.15) is 53.9 Å². The van der Waals surface area contributed by atoms with E-state index < -0.39 is 29.5 Å². The third kappa shape index (κ3) is 6.83. The van der Waals surface area contributed by atoms with Gasteiger partial charge in [-0.3, -0.25) is 19.8 Å². The van der Waals surface area contributed by atoms with E-state index in [0.29, 0.717) is 6.42 Å². The second kappa shape index (κ2) is 11.0. The molecule has 0 aromatic heterocycles. The van der Waals surface area contributed by atoms with E-state index in [1.165, 1.54) is 19.9 Å². The lowest BCUT2D eigenvalue weighted by molar-refractivity contribution is -0.143. The van der Waals surface area contributed by atoms with Crippen LogP contribution in [0.2, 0.25) is 0 Å². The van der Waals surface area contributed by atoms with Crippen LogP contribution in [0.3, 0.4) is 0 Å². The molecule has 6 nitrogen and oxygen atoms in total. The number of nitrogens with zero attached hydrogens (tertiary/aromatic N) is 1. The van der Waals surface area contributed by atoms with Crippen LogP contribution >= 0.6 is 0 Å². The van der Waals surface area contributed by atoms with Gasteiger partial charge in [0.1, 0.15) is 0 Å². The highest BCUT2D eigenvalue weighted by molar-refractivity contribution is 6.18. The summed E-state index contributed by atoms with van der Waals surface area (Å²) in [5.74, 6) is -2.00. The molecule has 0 spiro atoms. The highest BCUT2D eigenvalue weighted by Crippen LogP contribution is 2.31. The number of rotatable bonds is 10. The summed E-state index contributed by atoms with van der Waals surface area (Å²) in [6.07, 6.45) is -1.97. The van der Waals surface area contributed by atoms with Crippen LogP contribution in [0.15, 0.2) is 46.7 Å². The van der Waals surface area contributed by atoms with Crippen LogP contribution in [-0.4, -0.2) is 35.6 Å². The molecule has 0 aromatic rings. The fourth-order valence-corrected chi connectivity index (χ4v) is 2.85. The van der Waals surface area contributed by atoms with Crippen LogP contribution in [0, 0.1) is 5.92 Å². The quantitative estimate of drug-likeness (QED) is 0.306. The summed E-state index contributed by atoms with van der Waals surface area (Å²) in [6.45, 7) is 11.5. The molecule has 1 heterocycles. The average Bonchev–Trinajstić information content (AvgIpc) is 2.86. The molecule has 1 aliphatic rings. The van der Waals surface area contributed by atoms with Gasteiger partial charge in [0.05, 0.1) is 12.2 Å². The minimum absolute atomic E-state index is 0.0313. The summed E-state index contributed by atoms with van der Waals surface area (Å²) in [4.78, 5) is 36.9. The van der Waals surface area contributed by atoms with Gasteiger partial charge in [0.25, 0.3) is 11.8 Å². The van der Waals surface area contributed by atoms with Crippen molar-refractivity contribution in [2.24, 2.45) is 5.92 Å². The third-order valence-electron chi connectivity index (χ3n) is 4.90. The number of allylic oxidation sites excluding steroid dienone is 5. The van der Waals surface area contributed by atoms with Crippen molar-refractivity contribution in [2.75, 3.05) is 6.61 Å². The molecule has 1 N–H and O–H groups in total. The number of nitrogens with one attached hydrogen (secondary N) is 1. The number of hydrogen-bond donors (Lipinski definition) is 1. The van der Waals surface area contributed by atoms with E-state index in [4.69, 9.17) is 4.74 Å². The zero-order valence-corrected chi connectivity index (χ0v) is 18.5. The predicted molar refractivity (Wildman–Crippen MR) is 110 cm³/mol. The second-order valence-electron chi connectivity index (χ2n) is 7.26. The van der Waals surface area contributed by atoms with Crippen molar-refractivity contribution in [3.05, 3.63) is 46.7 Å². The number of carbonyl (C=O) groups excluding carboxylic acids is 3. The van der Waals surface area contributed by atoms with Crippen molar-refractivity contribution in [3.8, 4) is 0 Å². The topological polar surface area (TPSA) is 75.7 Å². The molecule has 1 rings (SSSR count). The number of ether oxygens (including phenoxy) is 1. The van der Waals surface area contributed by atoms with E-state index in [9.17, 15) is 27.6 Å². The van der Waals surface area contributed by atoms with Crippen LogP contribution in [0.25, 0.3) is 0 Å². The first kappa shape index (κ1) is 26.2. The molecule has 0 saturated carbocycles. The fraction of sp³-hybridized carbons (Fsp3) is 0.500. The molecule has 9 heteroatoms. The highest BCUT2D eigenvalue weighted by Gasteiger charge is 2.37. The Bertz CT molecular complexity index is 838. The molecular weight excluding hydrogens is 413 g/mol. The molecule has 0 saturated heterocycles. The lowest BCUT2D eigenvalue weighted by Crippen LogP contribution is -2.44. The Balaban J connectivity index is 3.15. The van der Waals surface area contributed by atoms with Crippen molar-refractivity contribution >= 4 is 17.8 Å². The van der Waals surface area contributed by atoms with Gasteiger partial charge < -0.3 is 4.74 Å². The van der Waals surface area contributed by atoms with Crippen molar-refractivity contribution in [1.82, 2.24) is 10.4 Å². The van der Waals surface area contributed by atoms with Gasteiger partial charge in [0.15, 0.2) is 0 Å². The third-order valence-corrected chi connectivity index (χ3v) is 4.90. The Hall–Kier alpha value is -2.84. The van der Waals surface area contributed by atoms with Crippen LogP contribution in [0.5, 0.6) is 0 Å². The van der Waals surface area contributed by atoms with Gasteiger partial charge in [-0.25, -0.2) is 0 Å². The lowest BCUT2D eigenvalue weighted by Gasteiger charge is -2.23. The Labute approximate surface area is 180 Å². The summed E-state index contributed by atoms with van der Waals surface area (Å²) < 4.78 is 44.4. The first-order valence-corrected chi connectivity index (χ1v) is 10.0. The maximum absolute atomic E-state index is 13.2. The molecule has 0 bridgehead atoms. The number of imide groups is 1. The van der Waals surface area contributed by atoms with Crippen LogP contribution < -0.4 is 5.43 Å². The van der Waals surface area contributed by atoms with Gasteiger partial charge in [0.2, 0.25) is 0 Å². The van der Waals surface area contributed by atoms with E-state index in [2.05, 4.69) is 12.0 Å². The minimum Gasteiger partial charge on any atom is -0.466 e. The molecule has 31 heavy (non-hydrogen) atoms. The number of amides is 2. The summed E-state index contributed by atoms with van der Waals surface area (Å²) in [5.41, 5.74) is 2.24. The monoisotopic (exact) mass is 442 g/mol. The van der Waals surface area contributed by atoms with E-state index >= 15 is 0 Å². The number of hydrazine groups is 1. The zero-order valence-electron chi connectivity index (χ0n) is 18.5.